The molecular weight excluding hydrogens is 306 g/mol. The maximum absolute atomic E-state index is 12.8. The van der Waals surface area contributed by atoms with Crippen LogP contribution in [0.3, 0.4) is 0 Å². The van der Waals surface area contributed by atoms with Crippen LogP contribution in [0.15, 0.2) is 29.2 Å². The molecule has 6 nitrogen and oxygen atoms in total. The van der Waals surface area contributed by atoms with Crippen LogP contribution in [0.2, 0.25) is 0 Å². The number of aryl methyl sites for hydroxylation is 1. The summed E-state index contributed by atoms with van der Waals surface area (Å²) in [6.07, 6.45) is -0.858. The Labute approximate surface area is 130 Å². The standard InChI is InChI=1S/C15H21NO5S/c1-4-21-15(18)14-13(17)9-11(3)16(14)22(19,20)12-7-5-10(2)6-8-12/h5-8,11,13-14,17H,4,9H2,1-3H3. The Bertz CT molecular complexity index is 640. The van der Waals surface area contributed by atoms with E-state index in [-0.39, 0.29) is 17.9 Å². The second-order valence-corrected chi connectivity index (χ2v) is 7.34. The van der Waals surface area contributed by atoms with E-state index in [0.29, 0.717) is 0 Å². The second kappa shape index (κ2) is 6.36. The molecule has 1 N–H and O–H groups in total. The summed E-state index contributed by atoms with van der Waals surface area (Å²) in [6, 6.07) is 4.73. The Kier molecular flexibility index (Phi) is 4.89. The number of nitrogens with zero attached hydrogens (tertiary/aromatic N) is 1. The molecule has 0 aromatic heterocycles. The van der Waals surface area contributed by atoms with Crippen LogP contribution >= 0.6 is 0 Å². The Morgan fingerprint density at radius 3 is 2.50 bits per heavy atom. The normalized spacial score (nSPS) is 26.1. The number of benzene rings is 1. The van der Waals surface area contributed by atoms with Gasteiger partial charge in [0.05, 0.1) is 17.6 Å². The first-order chi connectivity index (χ1) is 10.3. The number of aliphatic hydroxyl groups is 1. The fourth-order valence-corrected chi connectivity index (χ4v) is 4.54. The van der Waals surface area contributed by atoms with Gasteiger partial charge in [0.2, 0.25) is 10.0 Å². The topological polar surface area (TPSA) is 83.9 Å². The van der Waals surface area contributed by atoms with Crippen molar-refractivity contribution < 1.29 is 23.1 Å². The molecule has 0 saturated carbocycles. The first-order valence-corrected chi connectivity index (χ1v) is 8.68. The minimum atomic E-state index is -3.88. The first kappa shape index (κ1) is 16.9. The summed E-state index contributed by atoms with van der Waals surface area (Å²) in [5.41, 5.74) is 0.940. The smallest absolute Gasteiger partial charge is 0.327 e. The number of rotatable bonds is 4. The highest BCUT2D eigenvalue weighted by Crippen LogP contribution is 2.32. The van der Waals surface area contributed by atoms with Crippen LogP contribution < -0.4 is 0 Å². The summed E-state index contributed by atoms with van der Waals surface area (Å²) in [6.45, 7) is 5.31. The zero-order valence-corrected chi connectivity index (χ0v) is 13.7. The van der Waals surface area contributed by atoms with E-state index in [4.69, 9.17) is 4.74 Å². The quantitative estimate of drug-likeness (QED) is 0.836. The maximum Gasteiger partial charge on any atom is 0.327 e. The monoisotopic (exact) mass is 327 g/mol. The molecule has 3 unspecified atom stereocenters. The summed E-state index contributed by atoms with van der Waals surface area (Å²) < 4.78 is 31.6. The second-order valence-electron chi connectivity index (χ2n) is 5.50. The van der Waals surface area contributed by atoms with Crippen LogP contribution in [0, 0.1) is 6.92 Å². The summed E-state index contributed by atoms with van der Waals surface area (Å²) in [4.78, 5) is 12.2. The number of ether oxygens (including phenoxy) is 1. The van der Waals surface area contributed by atoms with E-state index < -0.39 is 34.2 Å². The van der Waals surface area contributed by atoms with Crippen molar-refractivity contribution in [3.8, 4) is 0 Å². The van der Waals surface area contributed by atoms with Crippen LogP contribution in [0.25, 0.3) is 0 Å². The summed E-state index contributed by atoms with van der Waals surface area (Å²) in [5.74, 6) is -0.713. The summed E-state index contributed by atoms with van der Waals surface area (Å²) in [5, 5.41) is 10.1. The van der Waals surface area contributed by atoms with E-state index >= 15 is 0 Å². The lowest BCUT2D eigenvalue weighted by Gasteiger charge is -2.26. The van der Waals surface area contributed by atoms with Gasteiger partial charge in [-0.3, -0.25) is 4.79 Å². The largest absolute Gasteiger partial charge is 0.465 e. The Morgan fingerprint density at radius 1 is 1.36 bits per heavy atom. The van der Waals surface area contributed by atoms with Gasteiger partial charge in [0.1, 0.15) is 6.04 Å². The maximum atomic E-state index is 12.8. The Balaban J connectivity index is 2.42. The van der Waals surface area contributed by atoms with E-state index in [2.05, 4.69) is 0 Å². The van der Waals surface area contributed by atoms with Crippen LogP contribution in [0.1, 0.15) is 25.8 Å². The summed E-state index contributed by atoms with van der Waals surface area (Å²) in [7, 11) is -3.88. The van der Waals surface area contributed by atoms with Gasteiger partial charge < -0.3 is 9.84 Å². The van der Waals surface area contributed by atoms with Crippen LogP contribution in [-0.4, -0.2) is 48.6 Å². The van der Waals surface area contributed by atoms with Crippen molar-refractivity contribution in [3.05, 3.63) is 29.8 Å². The molecule has 7 heteroatoms. The van der Waals surface area contributed by atoms with Gasteiger partial charge in [0.15, 0.2) is 0 Å². The molecule has 0 spiro atoms. The summed E-state index contributed by atoms with van der Waals surface area (Å²) >= 11 is 0. The molecule has 1 fully saturated rings. The minimum Gasteiger partial charge on any atom is -0.465 e. The highest BCUT2D eigenvalue weighted by molar-refractivity contribution is 7.89. The van der Waals surface area contributed by atoms with Crippen molar-refractivity contribution in [3.63, 3.8) is 0 Å². The predicted molar refractivity (Wildman–Crippen MR) is 80.7 cm³/mol. The number of hydrogen-bond donors (Lipinski definition) is 1. The van der Waals surface area contributed by atoms with Gasteiger partial charge >= 0.3 is 5.97 Å². The van der Waals surface area contributed by atoms with Crippen LogP contribution in [0.5, 0.6) is 0 Å². The molecule has 22 heavy (non-hydrogen) atoms. The fraction of sp³-hybridized carbons (Fsp3) is 0.533. The number of carbonyl (C=O) groups is 1. The van der Waals surface area contributed by atoms with Gasteiger partial charge in [-0.25, -0.2) is 8.42 Å². The molecule has 0 bridgehead atoms. The van der Waals surface area contributed by atoms with Gasteiger partial charge in [-0.15, -0.1) is 0 Å². The highest BCUT2D eigenvalue weighted by atomic mass is 32.2. The molecule has 0 radical (unpaired) electrons. The van der Waals surface area contributed by atoms with Gasteiger partial charge in [-0.1, -0.05) is 17.7 Å². The average molecular weight is 327 g/mol. The van der Waals surface area contributed by atoms with Crippen molar-refractivity contribution in [2.24, 2.45) is 0 Å². The molecule has 1 aromatic carbocycles. The fourth-order valence-electron chi connectivity index (χ4n) is 2.73. The zero-order chi connectivity index (χ0) is 16.5. The molecule has 1 aromatic rings. The number of hydrogen-bond acceptors (Lipinski definition) is 5. The molecule has 0 aliphatic carbocycles. The molecule has 3 atom stereocenters. The lowest BCUT2D eigenvalue weighted by atomic mass is 10.1. The number of esters is 1. The number of sulfonamides is 1. The van der Waals surface area contributed by atoms with Gasteiger partial charge in [0, 0.05) is 6.04 Å². The van der Waals surface area contributed by atoms with E-state index in [1.54, 1.807) is 26.0 Å². The molecule has 0 amide bonds. The van der Waals surface area contributed by atoms with Gasteiger partial charge in [-0.2, -0.15) is 4.31 Å². The van der Waals surface area contributed by atoms with Crippen LogP contribution in [0.4, 0.5) is 0 Å². The molecule has 122 valence electrons. The SMILES string of the molecule is CCOC(=O)C1C(O)CC(C)N1S(=O)(=O)c1ccc(C)cc1. The first-order valence-electron chi connectivity index (χ1n) is 7.24. The number of carbonyl (C=O) groups excluding carboxylic acids is 1. The minimum absolute atomic E-state index is 0.105. The molecule has 1 aliphatic rings. The third kappa shape index (κ3) is 3.02. The lowest BCUT2D eigenvalue weighted by molar-refractivity contribution is -0.149. The van der Waals surface area contributed by atoms with Gasteiger partial charge in [-0.05, 0) is 39.3 Å². The predicted octanol–water partition coefficient (Wildman–Crippen LogP) is 1.07. The van der Waals surface area contributed by atoms with Crippen LogP contribution in [-0.2, 0) is 19.6 Å². The van der Waals surface area contributed by atoms with Crippen molar-refractivity contribution >= 4 is 16.0 Å². The van der Waals surface area contributed by atoms with E-state index in [0.717, 1.165) is 9.87 Å². The Morgan fingerprint density at radius 2 is 1.95 bits per heavy atom. The third-order valence-corrected chi connectivity index (χ3v) is 5.79. The van der Waals surface area contributed by atoms with E-state index in [1.807, 2.05) is 6.92 Å². The zero-order valence-electron chi connectivity index (χ0n) is 12.9. The van der Waals surface area contributed by atoms with Crippen molar-refractivity contribution in [1.82, 2.24) is 4.31 Å². The Hall–Kier alpha value is -1.44. The van der Waals surface area contributed by atoms with Crippen molar-refractivity contribution in [1.29, 1.82) is 0 Å². The van der Waals surface area contributed by atoms with E-state index in [9.17, 15) is 18.3 Å². The average Bonchev–Trinajstić information content (AvgIpc) is 2.75. The highest BCUT2D eigenvalue weighted by Gasteiger charge is 2.49. The van der Waals surface area contributed by atoms with Crippen molar-refractivity contribution in [2.75, 3.05) is 6.61 Å². The van der Waals surface area contributed by atoms with Crippen molar-refractivity contribution in [2.45, 2.75) is 50.3 Å². The van der Waals surface area contributed by atoms with E-state index in [1.165, 1.54) is 12.1 Å². The molecule has 2 rings (SSSR count). The third-order valence-electron chi connectivity index (χ3n) is 3.78. The molecule has 1 aliphatic heterocycles. The lowest BCUT2D eigenvalue weighted by Crippen LogP contribution is -2.47. The molecular formula is C15H21NO5S. The molecule has 1 saturated heterocycles. The molecule has 1 heterocycles. The van der Waals surface area contributed by atoms with Gasteiger partial charge in [0.25, 0.3) is 0 Å². The number of aliphatic hydroxyl groups excluding tert-OH is 1.